The second-order valence-electron chi connectivity index (χ2n) is 5.87. The van der Waals surface area contributed by atoms with Gasteiger partial charge in [-0.05, 0) is 18.1 Å². The zero-order valence-corrected chi connectivity index (χ0v) is 13.8. The lowest BCUT2D eigenvalue weighted by atomic mass is 10.1. The highest BCUT2D eigenvalue weighted by molar-refractivity contribution is 5.73. The summed E-state index contributed by atoms with van der Waals surface area (Å²) in [5, 5.41) is 10.2. The molecule has 1 N–H and O–H groups in total. The van der Waals surface area contributed by atoms with E-state index in [1.165, 1.54) is 0 Å². The number of benzene rings is 1. The van der Waals surface area contributed by atoms with Crippen LogP contribution in [0.1, 0.15) is 12.5 Å². The Morgan fingerprint density at radius 1 is 1.35 bits per heavy atom. The van der Waals surface area contributed by atoms with Gasteiger partial charge in [0.05, 0.1) is 0 Å². The number of para-hydroxylation sites is 1. The van der Waals surface area contributed by atoms with Crippen LogP contribution in [0.5, 0.6) is 5.75 Å². The molecule has 1 saturated heterocycles. The lowest BCUT2D eigenvalue weighted by Gasteiger charge is -2.35. The van der Waals surface area contributed by atoms with Crippen molar-refractivity contribution in [2.45, 2.75) is 19.4 Å². The molecular weight excluding hydrogens is 292 g/mol. The number of piperazine rings is 1. The maximum atomic E-state index is 11.3. The highest BCUT2D eigenvalue weighted by atomic mass is 16.5. The minimum Gasteiger partial charge on any atom is -0.491 e. The number of aliphatic hydroxyl groups excluding tert-OH is 1. The van der Waals surface area contributed by atoms with E-state index in [0.29, 0.717) is 6.54 Å². The van der Waals surface area contributed by atoms with Gasteiger partial charge in [-0.2, -0.15) is 0 Å². The van der Waals surface area contributed by atoms with E-state index in [1.54, 1.807) is 6.92 Å². The second-order valence-corrected chi connectivity index (χ2v) is 5.87. The number of nitrogens with zero attached hydrogens (tertiary/aromatic N) is 2. The Hall–Kier alpha value is -1.85. The highest BCUT2D eigenvalue weighted by Crippen LogP contribution is 2.19. The molecular formula is C18H26N2O3. The Morgan fingerprint density at radius 2 is 2.04 bits per heavy atom. The van der Waals surface area contributed by atoms with Gasteiger partial charge < -0.3 is 14.7 Å². The quantitative estimate of drug-likeness (QED) is 0.771. The van der Waals surface area contributed by atoms with Crippen molar-refractivity contribution in [3.8, 4) is 5.75 Å². The van der Waals surface area contributed by atoms with Crippen LogP contribution >= 0.6 is 0 Å². The van der Waals surface area contributed by atoms with Gasteiger partial charge in [0.2, 0.25) is 5.91 Å². The number of allylic oxidation sites excluding steroid dienone is 1. The van der Waals surface area contributed by atoms with Gasteiger partial charge in [0.25, 0.3) is 0 Å². The molecule has 1 aromatic carbocycles. The number of amides is 1. The lowest BCUT2D eigenvalue weighted by molar-refractivity contribution is -0.130. The molecule has 5 nitrogen and oxygen atoms in total. The average Bonchev–Trinajstić information content (AvgIpc) is 2.55. The predicted molar refractivity (Wildman–Crippen MR) is 90.5 cm³/mol. The standard InChI is InChI=1S/C18H26N2O3/c1-3-6-16-7-4-5-8-18(16)23-14-17(22)13-19-9-11-20(12-10-19)15(2)21/h3-5,7-8,17,22H,1,6,9-14H2,2H3. The largest absolute Gasteiger partial charge is 0.491 e. The van der Waals surface area contributed by atoms with Crippen LogP contribution in [0.25, 0.3) is 0 Å². The predicted octanol–water partition coefficient (Wildman–Crippen LogP) is 1.32. The first kappa shape index (κ1) is 17.5. The van der Waals surface area contributed by atoms with Crippen molar-refractivity contribution in [1.29, 1.82) is 0 Å². The number of aliphatic hydroxyl groups is 1. The van der Waals surface area contributed by atoms with Crippen LogP contribution in [0.15, 0.2) is 36.9 Å². The minimum absolute atomic E-state index is 0.118. The van der Waals surface area contributed by atoms with Crippen LogP contribution in [-0.2, 0) is 11.2 Å². The van der Waals surface area contributed by atoms with E-state index in [9.17, 15) is 9.90 Å². The number of carbonyl (C=O) groups is 1. The zero-order valence-electron chi connectivity index (χ0n) is 13.8. The van der Waals surface area contributed by atoms with Gasteiger partial charge in [0, 0.05) is 39.6 Å². The molecule has 1 fully saturated rings. The summed E-state index contributed by atoms with van der Waals surface area (Å²) in [6.07, 6.45) is 2.04. The summed E-state index contributed by atoms with van der Waals surface area (Å²) in [6.45, 7) is 9.22. The van der Waals surface area contributed by atoms with Gasteiger partial charge in [-0.15, -0.1) is 6.58 Å². The van der Waals surface area contributed by atoms with Gasteiger partial charge >= 0.3 is 0 Å². The van der Waals surface area contributed by atoms with Crippen molar-refractivity contribution < 1.29 is 14.6 Å². The molecule has 0 saturated carbocycles. The summed E-state index contributed by atoms with van der Waals surface area (Å²) in [6, 6.07) is 7.81. The molecule has 23 heavy (non-hydrogen) atoms. The molecule has 1 aromatic rings. The molecule has 1 amide bonds. The topological polar surface area (TPSA) is 53.0 Å². The number of hydrogen-bond acceptors (Lipinski definition) is 4. The van der Waals surface area contributed by atoms with Crippen LogP contribution in [0.2, 0.25) is 0 Å². The minimum atomic E-state index is -0.546. The van der Waals surface area contributed by atoms with E-state index in [0.717, 1.165) is 43.9 Å². The fourth-order valence-electron chi connectivity index (χ4n) is 2.75. The fourth-order valence-corrected chi connectivity index (χ4v) is 2.75. The Balaban J connectivity index is 1.76. The van der Waals surface area contributed by atoms with Crippen molar-refractivity contribution in [3.63, 3.8) is 0 Å². The summed E-state index contributed by atoms with van der Waals surface area (Å²) in [7, 11) is 0. The number of ether oxygens (including phenoxy) is 1. The maximum Gasteiger partial charge on any atom is 0.219 e. The Kier molecular flexibility index (Phi) is 6.62. The molecule has 1 aliphatic rings. The molecule has 0 bridgehead atoms. The SMILES string of the molecule is C=CCc1ccccc1OCC(O)CN1CCN(C(C)=O)CC1. The van der Waals surface area contributed by atoms with Gasteiger partial charge in [-0.3, -0.25) is 9.69 Å². The van der Waals surface area contributed by atoms with Crippen molar-refractivity contribution in [2.75, 3.05) is 39.3 Å². The molecule has 2 rings (SSSR count). The normalized spacial score (nSPS) is 16.9. The summed E-state index contributed by atoms with van der Waals surface area (Å²) in [5.41, 5.74) is 1.07. The zero-order chi connectivity index (χ0) is 16.7. The smallest absolute Gasteiger partial charge is 0.219 e. The monoisotopic (exact) mass is 318 g/mol. The molecule has 0 spiro atoms. The van der Waals surface area contributed by atoms with Crippen molar-refractivity contribution in [2.24, 2.45) is 0 Å². The third-order valence-corrected chi connectivity index (χ3v) is 4.05. The fraction of sp³-hybridized carbons (Fsp3) is 0.500. The summed E-state index contributed by atoms with van der Waals surface area (Å²) in [4.78, 5) is 15.3. The van der Waals surface area contributed by atoms with E-state index in [4.69, 9.17) is 4.74 Å². The number of rotatable bonds is 7. The van der Waals surface area contributed by atoms with Gasteiger partial charge in [0.15, 0.2) is 0 Å². The van der Waals surface area contributed by atoms with Gasteiger partial charge in [-0.1, -0.05) is 24.3 Å². The Bertz CT molecular complexity index is 525. The first-order valence-electron chi connectivity index (χ1n) is 8.07. The van der Waals surface area contributed by atoms with Crippen LogP contribution in [0.3, 0.4) is 0 Å². The molecule has 1 heterocycles. The van der Waals surface area contributed by atoms with Crippen LogP contribution in [0, 0.1) is 0 Å². The molecule has 126 valence electrons. The van der Waals surface area contributed by atoms with Crippen LogP contribution in [-0.4, -0.2) is 66.2 Å². The number of carbonyl (C=O) groups excluding carboxylic acids is 1. The third kappa shape index (κ3) is 5.37. The van der Waals surface area contributed by atoms with E-state index in [1.807, 2.05) is 35.2 Å². The maximum absolute atomic E-state index is 11.3. The molecule has 1 unspecified atom stereocenters. The first-order valence-corrected chi connectivity index (χ1v) is 8.07. The molecule has 5 heteroatoms. The summed E-state index contributed by atoms with van der Waals surface area (Å²) in [5.74, 6) is 0.917. The van der Waals surface area contributed by atoms with E-state index < -0.39 is 6.10 Å². The number of hydrogen-bond donors (Lipinski definition) is 1. The van der Waals surface area contributed by atoms with Crippen molar-refractivity contribution in [3.05, 3.63) is 42.5 Å². The number of β-amino-alcohol motifs (C(OH)–C–C–N with tert-alkyl or cyclic N) is 1. The summed E-state index contributed by atoms with van der Waals surface area (Å²) >= 11 is 0. The Morgan fingerprint density at radius 3 is 2.70 bits per heavy atom. The third-order valence-electron chi connectivity index (χ3n) is 4.05. The Labute approximate surface area is 138 Å². The lowest BCUT2D eigenvalue weighted by Crippen LogP contribution is -2.50. The molecule has 1 atom stereocenters. The van der Waals surface area contributed by atoms with E-state index in [2.05, 4.69) is 11.5 Å². The van der Waals surface area contributed by atoms with E-state index >= 15 is 0 Å². The molecule has 0 radical (unpaired) electrons. The average molecular weight is 318 g/mol. The van der Waals surface area contributed by atoms with Gasteiger partial charge in [0.1, 0.15) is 18.5 Å². The molecule has 1 aliphatic heterocycles. The van der Waals surface area contributed by atoms with E-state index in [-0.39, 0.29) is 12.5 Å². The second kappa shape index (κ2) is 8.70. The van der Waals surface area contributed by atoms with Gasteiger partial charge in [-0.25, -0.2) is 0 Å². The first-order chi connectivity index (χ1) is 11.1. The summed E-state index contributed by atoms with van der Waals surface area (Å²) < 4.78 is 5.76. The van der Waals surface area contributed by atoms with Crippen LogP contribution < -0.4 is 4.74 Å². The van der Waals surface area contributed by atoms with Crippen molar-refractivity contribution >= 4 is 5.91 Å². The highest BCUT2D eigenvalue weighted by Gasteiger charge is 2.20. The molecule has 0 aliphatic carbocycles. The van der Waals surface area contributed by atoms with Crippen molar-refractivity contribution in [1.82, 2.24) is 9.80 Å². The molecule has 0 aromatic heterocycles. The van der Waals surface area contributed by atoms with Crippen LogP contribution in [0.4, 0.5) is 0 Å².